The Morgan fingerprint density at radius 3 is 2.36 bits per heavy atom. The van der Waals surface area contributed by atoms with Crippen LogP contribution in [0.4, 0.5) is 0 Å². The Hall–Kier alpha value is -2.27. The Balaban J connectivity index is 1.43. The Kier molecular flexibility index (Phi) is 6.90. The standard InChI is InChI=1S/C24H25IN2O5S/c1-23(2)19(20(29)32-13-16-9-5-3-6-10-16)27-21(30)24(15-25,22(27)33-23)26-18(28)14-31-17-11-7-4-8-12-17/h3-12,19,22H,13-15H2,1-2H3,(H,26,28)/t19-,22+,24+/m0/s1. The first-order valence-corrected chi connectivity index (χ1v) is 12.9. The predicted octanol–water partition coefficient (Wildman–Crippen LogP) is 3.16. The fourth-order valence-corrected chi connectivity index (χ4v) is 7.06. The highest BCUT2D eigenvalue weighted by Gasteiger charge is 2.71. The molecule has 0 spiro atoms. The molecule has 2 saturated heterocycles. The van der Waals surface area contributed by atoms with Gasteiger partial charge in [0.05, 0.1) is 0 Å². The number of alkyl halides is 1. The van der Waals surface area contributed by atoms with Crippen LogP contribution >= 0.6 is 34.4 Å². The normalized spacial score (nSPS) is 25.1. The van der Waals surface area contributed by atoms with Gasteiger partial charge in [-0.2, -0.15) is 0 Å². The minimum atomic E-state index is -1.08. The first-order valence-electron chi connectivity index (χ1n) is 10.5. The molecule has 2 heterocycles. The van der Waals surface area contributed by atoms with Gasteiger partial charge in [-0.25, -0.2) is 4.79 Å². The van der Waals surface area contributed by atoms with Gasteiger partial charge in [-0.05, 0) is 31.5 Å². The van der Waals surface area contributed by atoms with Crippen LogP contribution in [0.3, 0.4) is 0 Å². The van der Waals surface area contributed by atoms with Crippen molar-refractivity contribution < 1.29 is 23.9 Å². The average molecular weight is 580 g/mol. The molecule has 0 bridgehead atoms. The van der Waals surface area contributed by atoms with E-state index in [1.165, 1.54) is 11.8 Å². The number of ether oxygens (including phenoxy) is 2. The molecule has 2 amide bonds. The van der Waals surface area contributed by atoms with Crippen LogP contribution in [-0.4, -0.2) is 55.4 Å². The van der Waals surface area contributed by atoms with Gasteiger partial charge in [-0.1, -0.05) is 71.1 Å². The Bertz CT molecular complexity index is 1040. The number of rotatable bonds is 8. The molecule has 0 aliphatic carbocycles. The number of amides is 2. The third-order valence-electron chi connectivity index (χ3n) is 5.78. The molecule has 174 valence electrons. The maximum absolute atomic E-state index is 13.3. The molecule has 0 aromatic heterocycles. The molecule has 0 saturated carbocycles. The fraction of sp³-hybridized carbons (Fsp3) is 0.375. The lowest BCUT2D eigenvalue weighted by molar-refractivity contribution is -0.170. The van der Waals surface area contributed by atoms with Crippen molar-refractivity contribution in [2.24, 2.45) is 0 Å². The number of para-hydroxylation sites is 1. The summed E-state index contributed by atoms with van der Waals surface area (Å²) in [4.78, 5) is 40.5. The van der Waals surface area contributed by atoms with Gasteiger partial charge in [-0.15, -0.1) is 11.8 Å². The highest BCUT2D eigenvalue weighted by Crippen LogP contribution is 2.55. The number of nitrogens with one attached hydrogen (secondary N) is 1. The molecule has 0 radical (unpaired) electrons. The van der Waals surface area contributed by atoms with Gasteiger partial charge >= 0.3 is 5.97 Å². The summed E-state index contributed by atoms with van der Waals surface area (Å²) < 4.78 is 10.9. The zero-order valence-corrected chi connectivity index (χ0v) is 21.3. The van der Waals surface area contributed by atoms with Gasteiger partial charge < -0.3 is 19.7 Å². The van der Waals surface area contributed by atoms with E-state index < -0.39 is 22.3 Å². The van der Waals surface area contributed by atoms with Crippen LogP contribution < -0.4 is 10.1 Å². The van der Waals surface area contributed by atoms with E-state index >= 15 is 0 Å². The van der Waals surface area contributed by atoms with Crippen LogP contribution in [0.2, 0.25) is 0 Å². The number of carbonyl (C=O) groups is 3. The molecule has 9 heteroatoms. The molecule has 4 rings (SSSR count). The van der Waals surface area contributed by atoms with Crippen LogP contribution in [0.25, 0.3) is 0 Å². The summed E-state index contributed by atoms with van der Waals surface area (Å²) in [5.41, 5.74) is -0.193. The highest BCUT2D eigenvalue weighted by atomic mass is 127. The molecule has 3 atom stereocenters. The third-order valence-corrected chi connectivity index (χ3v) is 8.66. The summed E-state index contributed by atoms with van der Waals surface area (Å²) >= 11 is 3.62. The summed E-state index contributed by atoms with van der Waals surface area (Å²) in [6, 6.07) is 17.7. The van der Waals surface area contributed by atoms with Gasteiger partial charge in [0.2, 0.25) is 0 Å². The second kappa shape index (κ2) is 9.54. The van der Waals surface area contributed by atoms with E-state index in [4.69, 9.17) is 9.47 Å². The number of benzene rings is 2. The lowest BCUT2D eigenvalue weighted by atomic mass is 9.86. The average Bonchev–Trinajstić information content (AvgIpc) is 3.09. The molecule has 1 N–H and O–H groups in total. The monoisotopic (exact) mass is 580 g/mol. The maximum Gasteiger partial charge on any atom is 0.330 e. The van der Waals surface area contributed by atoms with E-state index in [0.717, 1.165) is 5.56 Å². The van der Waals surface area contributed by atoms with Gasteiger partial charge in [0.1, 0.15) is 23.8 Å². The molecule has 2 aliphatic heterocycles. The van der Waals surface area contributed by atoms with Crippen LogP contribution in [0.5, 0.6) is 5.75 Å². The topological polar surface area (TPSA) is 84.9 Å². The molecule has 2 aromatic rings. The lowest BCUT2D eigenvalue weighted by Gasteiger charge is -2.52. The van der Waals surface area contributed by atoms with E-state index in [-0.39, 0.29) is 30.4 Å². The number of carbonyl (C=O) groups excluding carboxylic acids is 3. The van der Waals surface area contributed by atoms with E-state index in [9.17, 15) is 14.4 Å². The molecule has 33 heavy (non-hydrogen) atoms. The third kappa shape index (κ3) is 4.57. The number of hydrogen-bond donors (Lipinski definition) is 1. The molecule has 2 fully saturated rings. The largest absolute Gasteiger partial charge is 0.484 e. The summed E-state index contributed by atoms with van der Waals surface area (Å²) in [5, 5.41) is 2.54. The number of nitrogens with zero attached hydrogens (tertiary/aromatic N) is 1. The number of hydrogen-bond acceptors (Lipinski definition) is 6. The predicted molar refractivity (Wildman–Crippen MR) is 134 cm³/mol. The highest BCUT2D eigenvalue weighted by molar-refractivity contribution is 14.1. The fourth-order valence-electron chi connectivity index (χ4n) is 4.14. The zero-order valence-electron chi connectivity index (χ0n) is 18.3. The van der Waals surface area contributed by atoms with E-state index in [1.807, 2.05) is 62.4 Å². The molecule has 0 unspecified atom stereocenters. The van der Waals surface area contributed by atoms with Crippen molar-refractivity contribution in [3.63, 3.8) is 0 Å². The molecule has 7 nitrogen and oxygen atoms in total. The quantitative estimate of drug-likeness (QED) is 0.224. The van der Waals surface area contributed by atoms with E-state index in [0.29, 0.717) is 10.2 Å². The summed E-state index contributed by atoms with van der Waals surface area (Å²) in [7, 11) is 0. The summed E-state index contributed by atoms with van der Waals surface area (Å²) in [6.45, 7) is 3.81. The molecular weight excluding hydrogens is 555 g/mol. The van der Waals surface area contributed by atoms with E-state index in [2.05, 4.69) is 27.9 Å². The van der Waals surface area contributed by atoms with Crippen molar-refractivity contribution in [1.82, 2.24) is 10.2 Å². The van der Waals surface area contributed by atoms with Crippen molar-refractivity contribution in [3.05, 3.63) is 66.2 Å². The van der Waals surface area contributed by atoms with Gasteiger partial charge in [0.15, 0.2) is 12.1 Å². The van der Waals surface area contributed by atoms with E-state index in [1.54, 1.807) is 17.0 Å². The van der Waals surface area contributed by atoms with Crippen LogP contribution in [0.1, 0.15) is 19.4 Å². The molecule has 2 aliphatic rings. The Labute approximate surface area is 210 Å². The number of fused-ring (bicyclic) bond motifs is 1. The molecular formula is C24H25IN2O5S. The lowest BCUT2D eigenvalue weighted by Crippen LogP contribution is -2.80. The molecule has 2 aromatic carbocycles. The van der Waals surface area contributed by atoms with Crippen molar-refractivity contribution in [2.45, 2.75) is 42.2 Å². The van der Waals surface area contributed by atoms with Crippen LogP contribution in [0.15, 0.2) is 60.7 Å². The van der Waals surface area contributed by atoms with Crippen LogP contribution in [-0.2, 0) is 25.7 Å². The smallest absolute Gasteiger partial charge is 0.330 e. The number of thioether (sulfide) groups is 1. The van der Waals surface area contributed by atoms with Gasteiger partial charge in [0.25, 0.3) is 11.8 Å². The first-order chi connectivity index (χ1) is 15.8. The summed E-state index contributed by atoms with van der Waals surface area (Å²) in [5.74, 6) is -0.505. The second-order valence-corrected chi connectivity index (χ2v) is 11.0. The summed E-state index contributed by atoms with van der Waals surface area (Å²) in [6.07, 6.45) is 0. The first kappa shape index (κ1) is 23.9. The second-order valence-electron chi connectivity index (χ2n) is 8.54. The van der Waals surface area contributed by atoms with Gasteiger partial charge in [0, 0.05) is 9.17 Å². The number of esters is 1. The van der Waals surface area contributed by atoms with Crippen molar-refractivity contribution in [3.8, 4) is 5.75 Å². The van der Waals surface area contributed by atoms with Crippen molar-refractivity contribution >= 4 is 52.1 Å². The SMILES string of the molecule is CC1(C)S[C@H]2N(C(=O)[C@@]2(CI)NC(=O)COc2ccccc2)[C@H]1C(=O)OCc1ccccc1. The minimum Gasteiger partial charge on any atom is -0.484 e. The van der Waals surface area contributed by atoms with Crippen molar-refractivity contribution in [1.29, 1.82) is 0 Å². The number of halogens is 1. The van der Waals surface area contributed by atoms with Crippen molar-refractivity contribution in [2.75, 3.05) is 11.0 Å². The van der Waals surface area contributed by atoms with Crippen LogP contribution in [0, 0.1) is 0 Å². The maximum atomic E-state index is 13.3. The number of β-lactam (4-membered cyclic amide) rings is 1. The van der Waals surface area contributed by atoms with Gasteiger partial charge in [-0.3, -0.25) is 9.59 Å². The minimum absolute atomic E-state index is 0.147. The zero-order chi connectivity index (χ0) is 23.6. The Morgan fingerprint density at radius 2 is 1.73 bits per heavy atom. The Morgan fingerprint density at radius 1 is 1.09 bits per heavy atom.